The van der Waals surface area contributed by atoms with Crippen LogP contribution in [-0.2, 0) is 59.0 Å². The SMILES string of the molecule is CCCCCC1(CCCCC)O[C@@H]2[C@H]3ON(Cc4ccc(C=CC(=O)OCC(F)(F)F)cc4)[C@H]4C(=O)OC(CC34C(=O)N3CCC[C@@H]3C(=O)N[C@H](CO)CCC(=O)OC(C)(C)C)[C@@H]2O1. The first-order chi connectivity index (χ1) is 30.3. The first-order valence-electron chi connectivity index (χ1n) is 22.8. The molecule has 18 heteroatoms. The zero-order valence-electron chi connectivity index (χ0n) is 37.5. The summed E-state index contributed by atoms with van der Waals surface area (Å²) in [5.41, 5.74) is -1.12. The van der Waals surface area contributed by atoms with Gasteiger partial charge in [0.15, 0.2) is 18.4 Å². The van der Waals surface area contributed by atoms with E-state index in [0.29, 0.717) is 36.8 Å². The van der Waals surface area contributed by atoms with Gasteiger partial charge in [-0.1, -0.05) is 63.8 Å². The van der Waals surface area contributed by atoms with Gasteiger partial charge in [0, 0.05) is 38.3 Å². The smallest absolute Gasteiger partial charge is 0.422 e. The Labute approximate surface area is 372 Å². The number of ether oxygens (including phenoxy) is 5. The number of carbonyl (C=O) groups excluding carboxylic acids is 5. The Hall–Kier alpha value is -4.10. The molecular formula is C46H64F3N3O12. The van der Waals surface area contributed by atoms with Crippen molar-refractivity contribution in [1.29, 1.82) is 0 Å². The average Bonchev–Trinajstić information content (AvgIpc) is 3.96. The number of hydrogen-bond acceptors (Lipinski definition) is 13. The molecule has 2 amide bonds. The molecule has 1 aromatic carbocycles. The van der Waals surface area contributed by atoms with Crippen LogP contribution in [0.25, 0.3) is 6.08 Å². The highest BCUT2D eigenvalue weighted by molar-refractivity contribution is 5.96. The van der Waals surface area contributed by atoms with E-state index >= 15 is 4.79 Å². The zero-order chi connectivity index (χ0) is 46.5. The molecule has 4 saturated heterocycles. The number of rotatable bonds is 20. The summed E-state index contributed by atoms with van der Waals surface area (Å²) in [5, 5.41) is 14.5. The minimum absolute atomic E-state index is 0.00368. The molecule has 5 fully saturated rings. The highest BCUT2D eigenvalue weighted by Crippen LogP contribution is 2.59. The molecular weight excluding hydrogens is 844 g/mol. The predicted molar refractivity (Wildman–Crippen MR) is 223 cm³/mol. The van der Waals surface area contributed by atoms with Crippen LogP contribution in [0.5, 0.6) is 0 Å². The van der Waals surface area contributed by atoms with Crippen molar-refractivity contribution in [1.82, 2.24) is 15.3 Å². The monoisotopic (exact) mass is 907 g/mol. The normalized spacial score (nSPS) is 27.9. The minimum atomic E-state index is -4.65. The largest absolute Gasteiger partial charge is 0.460 e. The number of alkyl halides is 3. The topological polar surface area (TPSA) is 179 Å². The van der Waals surface area contributed by atoms with E-state index in [2.05, 4.69) is 23.9 Å². The maximum Gasteiger partial charge on any atom is 0.422 e. The third kappa shape index (κ3) is 11.5. The van der Waals surface area contributed by atoms with Gasteiger partial charge < -0.3 is 39.0 Å². The summed E-state index contributed by atoms with van der Waals surface area (Å²) in [7, 11) is 0. The van der Waals surface area contributed by atoms with Crippen LogP contribution in [-0.4, -0.2) is 125 Å². The number of nitrogens with one attached hydrogen (secondary N) is 1. The average molecular weight is 908 g/mol. The third-order valence-electron chi connectivity index (χ3n) is 12.6. The van der Waals surface area contributed by atoms with Crippen molar-refractivity contribution in [3.63, 3.8) is 0 Å². The number of amides is 2. The lowest BCUT2D eigenvalue weighted by Crippen LogP contribution is -2.70. The molecule has 1 aliphatic carbocycles. The molecule has 0 spiro atoms. The fourth-order valence-corrected chi connectivity index (χ4v) is 9.70. The summed E-state index contributed by atoms with van der Waals surface area (Å²) in [6, 6.07) is 3.70. The van der Waals surface area contributed by atoms with Crippen LogP contribution in [0.15, 0.2) is 30.3 Å². The molecule has 6 rings (SSSR count). The number of esters is 3. The van der Waals surface area contributed by atoms with Gasteiger partial charge in [0.1, 0.15) is 41.5 Å². The molecule has 1 saturated carbocycles. The number of hydroxylamine groups is 2. The van der Waals surface area contributed by atoms with E-state index in [1.54, 1.807) is 45.0 Å². The number of aliphatic hydroxyl groups is 1. The molecule has 64 heavy (non-hydrogen) atoms. The second-order valence-electron chi connectivity index (χ2n) is 18.7. The van der Waals surface area contributed by atoms with Gasteiger partial charge in [-0.3, -0.25) is 24.0 Å². The van der Waals surface area contributed by atoms with E-state index in [-0.39, 0.29) is 32.4 Å². The van der Waals surface area contributed by atoms with Crippen LogP contribution >= 0.6 is 0 Å². The quantitative estimate of drug-likeness (QED) is 0.0691. The van der Waals surface area contributed by atoms with Crippen molar-refractivity contribution in [3.8, 4) is 0 Å². The first kappa shape index (κ1) is 49.3. The third-order valence-corrected chi connectivity index (χ3v) is 12.6. The van der Waals surface area contributed by atoms with E-state index in [4.69, 9.17) is 23.8 Å². The van der Waals surface area contributed by atoms with Gasteiger partial charge in [-0.25, -0.2) is 4.79 Å². The lowest BCUT2D eigenvalue weighted by Gasteiger charge is -2.50. The van der Waals surface area contributed by atoms with Crippen LogP contribution in [0.2, 0.25) is 0 Å². The molecule has 2 unspecified atom stereocenters. The summed E-state index contributed by atoms with van der Waals surface area (Å²) in [6.07, 6.45) is 1.92. The predicted octanol–water partition coefficient (Wildman–Crippen LogP) is 5.84. The molecule has 0 aromatic heterocycles. The highest BCUT2D eigenvalue weighted by Gasteiger charge is 2.77. The Kier molecular flexibility index (Phi) is 15.9. The Bertz CT molecular complexity index is 1840. The number of fused-ring (bicyclic) bond motifs is 4. The van der Waals surface area contributed by atoms with Crippen molar-refractivity contribution >= 4 is 35.8 Å². The van der Waals surface area contributed by atoms with E-state index in [0.717, 1.165) is 44.6 Å². The standard InChI is InChI=1S/C46H64F3N3O12/c1-6-8-10-22-44(23-11-9-7-2)62-36-33-25-45(42(58)51-24-12-13-32(51)40(56)50-31(27-53)19-21-35(55)61-43(3,4)5)38(41(57)60-33)52(64-39(45)37(36)63-44)26-30-16-14-29(15-17-30)18-20-34(54)59-28-46(47,48)49/h14-18,20,31-33,36-39,53H,6-13,19,21-28H2,1-5H3,(H,50,56)/t31-,32+,33?,36-,37-,38-,39+,45?/m0/s1. The van der Waals surface area contributed by atoms with Crippen molar-refractivity contribution in [3.05, 3.63) is 41.5 Å². The Morgan fingerprint density at radius 1 is 1.00 bits per heavy atom. The zero-order valence-corrected chi connectivity index (χ0v) is 37.5. The molecule has 8 atom stereocenters. The van der Waals surface area contributed by atoms with Gasteiger partial charge >= 0.3 is 24.1 Å². The number of aliphatic hydroxyl groups excluding tert-OH is 1. The van der Waals surface area contributed by atoms with E-state index in [9.17, 15) is 37.5 Å². The van der Waals surface area contributed by atoms with Gasteiger partial charge in [-0.05, 0) is 70.1 Å². The van der Waals surface area contributed by atoms with Crippen molar-refractivity contribution in [2.75, 3.05) is 19.8 Å². The number of hydrogen-bond donors (Lipinski definition) is 2. The Balaban J connectivity index is 1.28. The molecule has 0 radical (unpaired) electrons. The summed E-state index contributed by atoms with van der Waals surface area (Å²) in [6.45, 7) is 7.56. The Morgan fingerprint density at radius 2 is 1.67 bits per heavy atom. The van der Waals surface area contributed by atoms with Crippen molar-refractivity contribution < 1.29 is 70.8 Å². The summed E-state index contributed by atoms with van der Waals surface area (Å²) in [4.78, 5) is 76.5. The van der Waals surface area contributed by atoms with E-state index in [1.165, 1.54) is 16.0 Å². The van der Waals surface area contributed by atoms with Gasteiger partial charge in [0.25, 0.3) is 0 Å². The van der Waals surface area contributed by atoms with Crippen LogP contribution in [0.4, 0.5) is 13.2 Å². The maximum absolute atomic E-state index is 15.5. The first-order valence-corrected chi connectivity index (χ1v) is 22.8. The minimum Gasteiger partial charge on any atom is -0.460 e. The highest BCUT2D eigenvalue weighted by atomic mass is 19.4. The van der Waals surface area contributed by atoms with Crippen LogP contribution < -0.4 is 5.32 Å². The lowest BCUT2D eigenvalue weighted by atomic mass is 9.62. The van der Waals surface area contributed by atoms with Gasteiger partial charge in [0.05, 0.1) is 19.2 Å². The van der Waals surface area contributed by atoms with Gasteiger partial charge in [-0.2, -0.15) is 18.2 Å². The second kappa shape index (κ2) is 20.6. The summed E-state index contributed by atoms with van der Waals surface area (Å²) >= 11 is 0. The van der Waals surface area contributed by atoms with Crippen molar-refractivity contribution in [2.45, 2.75) is 185 Å². The number of likely N-dealkylation sites (tertiary alicyclic amines) is 1. The summed E-state index contributed by atoms with van der Waals surface area (Å²) in [5.74, 6) is -4.23. The molecule has 5 aliphatic rings. The number of unbranched alkanes of at least 4 members (excludes halogenated alkanes) is 4. The number of nitrogens with zero attached hydrogens (tertiary/aromatic N) is 2. The number of halogens is 3. The van der Waals surface area contributed by atoms with Crippen molar-refractivity contribution in [2.24, 2.45) is 5.41 Å². The van der Waals surface area contributed by atoms with Gasteiger partial charge in [-0.15, -0.1) is 0 Å². The summed E-state index contributed by atoms with van der Waals surface area (Å²) < 4.78 is 67.2. The van der Waals surface area contributed by atoms with Crippen LogP contribution in [0, 0.1) is 5.41 Å². The molecule has 1 aromatic rings. The molecule has 4 heterocycles. The fraction of sp³-hybridized carbons (Fsp3) is 0.717. The fourth-order valence-electron chi connectivity index (χ4n) is 9.70. The molecule has 4 aliphatic heterocycles. The number of benzene rings is 1. The molecule has 2 bridgehead atoms. The molecule has 2 N–H and O–H groups in total. The number of carbonyl (C=O) groups is 5. The van der Waals surface area contributed by atoms with Crippen LogP contribution in [0.1, 0.15) is 129 Å². The Morgan fingerprint density at radius 3 is 2.30 bits per heavy atom. The van der Waals surface area contributed by atoms with E-state index < -0.39 is 108 Å². The lowest BCUT2D eigenvalue weighted by molar-refractivity contribution is -0.225. The second-order valence-corrected chi connectivity index (χ2v) is 18.7. The van der Waals surface area contributed by atoms with Gasteiger partial charge in [0.2, 0.25) is 11.8 Å². The molecule has 356 valence electrons. The maximum atomic E-state index is 15.5. The molecule has 15 nitrogen and oxygen atoms in total. The van der Waals surface area contributed by atoms with E-state index in [1.807, 2.05) is 0 Å². The van der Waals surface area contributed by atoms with Crippen LogP contribution in [0.3, 0.4) is 0 Å².